The van der Waals surface area contributed by atoms with Crippen LogP contribution in [-0.2, 0) is 11.3 Å². The molecule has 0 atom stereocenters. The van der Waals surface area contributed by atoms with Crippen molar-refractivity contribution in [3.05, 3.63) is 57.5 Å². The zero-order valence-electron chi connectivity index (χ0n) is 14.2. The molecular formula is C17H21N3O5. The van der Waals surface area contributed by atoms with Crippen molar-refractivity contribution in [1.29, 1.82) is 0 Å². The van der Waals surface area contributed by atoms with Crippen LogP contribution in [0, 0.1) is 17.0 Å². The van der Waals surface area contributed by atoms with Crippen molar-refractivity contribution >= 4 is 17.3 Å². The number of nitro groups is 1. The van der Waals surface area contributed by atoms with Gasteiger partial charge < -0.3 is 19.8 Å². The number of nitro benzene ring substituents is 1. The van der Waals surface area contributed by atoms with Gasteiger partial charge in [-0.2, -0.15) is 0 Å². The molecule has 8 heteroatoms. The molecule has 2 N–H and O–H groups in total. The van der Waals surface area contributed by atoms with E-state index < -0.39 is 4.92 Å². The third kappa shape index (κ3) is 5.32. The standard InChI is InChI=1S/C17H21N3O5/c1-12-4-6-14(15(10-12)20(22)23)18-8-3-9-19-17(21)16-7-5-13(25-16)11-24-2/h4-7,10,18H,3,8-9,11H2,1-2H3,(H,19,21). The van der Waals surface area contributed by atoms with E-state index in [1.54, 1.807) is 32.2 Å². The van der Waals surface area contributed by atoms with Crippen molar-refractivity contribution in [2.75, 3.05) is 25.5 Å². The molecule has 0 aliphatic rings. The summed E-state index contributed by atoms with van der Waals surface area (Å²) >= 11 is 0. The minimum Gasteiger partial charge on any atom is -0.453 e. The van der Waals surface area contributed by atoms with E-state index in [0.717, 1.165) is 5.56 Å². The van der Waals surface area contributed by atoms with Crippen LogP contribution in [0.5, 0.6) is 0 Å². The molecule has 0 saturated heterocycles. The second kappa shape index (κ2) is 8.84. The Kier molecular flexibility index (Phi) is 6.53. The van der Waals surface area contributed by atoms with Crippen LogP contribution in [-0.4, -0.2) is 31.0 Å². The van der Waals surface area contributed by atoms with Crippen molar-refractivity contribution < 1.29 is 18.9 Å². The number of furan rings is 1. The van der Waals surface area contributed by atoms with E-state index in [-0.39, 0.29) is 17.4 Å². The number of anilines is 1. The maximum Gasteiger partial charge on any atom is 0.292 e. The zero-order valence-corrected chi connectivity index (χ0v) is 14.2. The molecule has 0 spiro atoms. The fraction of sp³-hybridized carbons (Fsp3) is 0.353. The summed E-state index contributed by atoms with van der Waals surface area (Å²) < 4.78 is 10.3. The number of amides is 1. The SMILES string of the molecule is COCc1ccc(C(=O)NCCCNc2ccc(C)cc2[N+](=O)[O-])o1. The van der Waals surface area contributed by atoms with Gasteiger partial charge >= 0.3 is 0 Å². The second-order valence-corrected chi connectivity index (χ2v) is 5.51. The van der Waals surface area contributed by atoms with E-state index in [0.29, 0.717) is 37.6 Å². The first-order valence-electron chi connectivity index (χ1n) is 7.86. The maximum absolute atomic E-state index is 11.9. The Balaban J connectivity index is 1.76. The third-order valence-electron chi connectivity index (χ3n) is 3.48. The number of nitrogens with zero attached hydrogens (tertiary/aromatic N) is 1. The number of benzene rings is 1. The van der Waals surface area contributed by atoms with Gasteiger partial charge in [0.25, 0.3) is 11.6 Å². The summed E-state index contributed by atoms with van der Waals surface area (Å²) in [6.45, 7) is 3.04. The Labute approximate surface area is 145 Å². The van der Waals surface area contributed by atoms with Gasteiger partial charge in [0.05, 0.1) is 4.92 Å². The first-order valence-corrected chi connectivity index (χ1v) is 7.86. The lowest BCUT2D eigenvalue weighted by Gasteiger charge is -2.08. The summed E-state index contributed by atoms with van der Waals surface area (Å²) in [4.78, 5) is 22.6. The fourth-order valence-electron chi connectivity index (χ4n) is 2.26. The van der Waals surface area contributed by atoms with E-state index in [1.165, 1.54) is 6.07 Å². The van der Waals surface area contributed by atoms with E-state index in [2.05, 4.69) is 10.6 Å². The van der Waals surface area contributed by atoms with Gasteiger partial charge in [0, 0.05) is 26.3 Å². The van der Waals surface area contributed by atoms with Crippen LogP contribution in [0.4, 0.5) is 11.4 Å². The van der Waals surface area contributed by atoms with Crippen molar-refractivity contribution in [2.24, 2.45) is 0 Å². The number of hydrogen-bond donors (Lipinski definition) is 2. The van der Waals surface area contributed by atoms with Gasteiger partial charge in [0.1, 0.15) is 18.1 Å². The third-order valence-corrected chi connectivity index (χ3v) is 3.48. The lowest BCUT2D eigenvalue weighted by atomic mass is 10.2. The normalized spacial score (nSPS) is 10.5. The number of hydrogen-bond acceptors (Lipinski definition) is 6. The average molecular weight is 347 g/mol. The molecule has 1 amide bonds. The van der Waals surface area contributed by atoms with Gasteiger partial charge in [-0.1, -0.05) is 6.07 Å². The first-order chi connectivity index (χ1) is 12.0. The number of methoxy groups -OCH3 is 1. The highest BCUT2D eigenvalue weighted by atomic mass is 16.6. The van der Waals surface area contributed by atoms with E-state index >= 15 is 0 Å². The molecule has 1 aromatic heterocycles. The molecule has 2 aromatic rings. The molecule has 8 nitrogen and oxygen atoms in total. The topological polar surface area (TPSA) is 107 Å². The number of aryl methyl sites for hydroxylation is 1. The van der Waals surface area contributed by atoms with Crippen LogP contribution in [0.2, 0.25) is 0 Å². The predicted molar refractivity (Wildman–Crippen MR) is 92.7 cm³/mol. The summed E-state index contributed by atoms with van der Waals surface area (Å²) in [5, 5.41) is 16.8. The summed E-state index contributed by atoms with van der Waals surface area (Å²) in [7, 11) is 1.55. The van der Waals surface area contributed by atoms with Crippen LogP contribution >= 0.6 is 0 Å². The molecule has 1 aromatic carbocycles. The number of ether oxygens (including phenoxy) is 1. The van der Waals surface area contributed by atoms with Crippen molar-refractivity contribution in [2.45, 2.75) is 20.0 Å². The molecule has 2 rings (SSSR count). The van der Waals surface area contributed by atoms with Crippen LogP contribution in [0.25, 0.3) is 0 Å². The highest BCUT2D eigenvalue weighted by Gasteiger charge is 2.13. The van der Waals surface area contributed by atoms with Crippen LogP contribution < -0.4 is 10.6 Å². The van der Waals surface area contributed by atoms with E-state index in [4.69, 9.17) is 9.15 Å². The Bertz CT molecular complexity index is 742. The van der Waals surface area contributed by atoms with Crippen molar-refractivity contribution in [1.82, 2.24) is 5.32 Å². The van der Waals surface area contributed by atoms with E-state index in [1.807, 2.05) is 6.07 Å². The maximum atomic E-state index is 11.9. The molecule has 0 radical (unpaired) electrons. The molecule has 1 heterocycles. The monoisotopic (exact) mass is 347 g/mol. The molecule has 25 heavy (non-hydrogen) atoms. The molecule has 0 bridgehead atoms. The summed E-state index contributed by atoms with van der Waals surface area (Å²) in [5.41, 5.74) is 1.35. The van der Waals surface area contributed by atoms with Crippen molar-refractivity contribution in [3.8, 4) is 0 Å². The van der Waals surface area contributed by atoms with Gasteiger partial charge in [-0.15, -0.1) is 0 Å². The fourth-order valence-corrected chi connectivity index (χ4v) is 2.26. The highest BCUT2D eigenvalue weighted by Crippen LogP contribution is 2.25. The average Bonchev–Trinajstić information content (AvgIpc) is 3.04. The lowest BCUT2D eigenvalue weighted by Crippen LogP contribution is -2.25. The smallest absolute Gasteiger partial charge is 0.292 e. The molecule has 0 unspecified atom stereocenters. The quantitative estimate of drug-likeness (QED) is 0.410. The largest absolute Gasteiger partial charge is 0.453 e. The van der Waals surface area contributed by atoms with Gasteiger partial charge in [-0.05, 0) is 37.1 Å². The van der Waals surface area contributed by atoms with Gasteiger partial charge in [0.15, 0.2) is 5.76 Å². The van der Waals surface area contributed by atoms with Gasteiger partial charge in [-0.3, -0.25) is 14.9 Å². The van der Waals surface area contributed by atoms with Gasteiger partial charge in [-0.25, -0.2) is 0 Å². The molecule has 0 aliphatic heterocycles. The summed E-state index contributed by atoms with van der Waals surface area (Å²) in [6.07, 6.45) is 0.613. The minimum atomic E-state index is -0.411. The molecule has 0 saturated carbocycles. The van der Waals surface area contributed by atoms with Gasteiger partial charge in [0.2, 0.25) is 0 Å². The molecule has 0 fully saturated rings. The van der Waals surface area contributed by atoms with Crippen LogP contribution in [0.15, 0.2) is 34.7 Å². The van der Waals surface area contributed by atoms with Crippen LogP contribution in [0.1, 0.15) is 28.3 Å². The zero-order chi connectivity index (χ0) is 18.2. The first kappa shape index (κ1) is 18.5. The summed E-state index contributed by atoms with van der Waals surface area (Å²) in [5.74, 6) is 0.513. The predicted octanol–water partition coefficient (Wildman–Crippen LogP) is 2.87. The van der Waals surface area contributed by atoms with E-state index in [9.17, 15) is 14.9 Å². The Morgan fingerprint density at radius 3 is 2.80 bits per heavy atom. The lowest BCUT2D eigenvalue weighted by molar-refractivity contribution is -0.384. The number of carbonyl (C=O) groups is 1. The Hall–Kier alpha value is -2.87. The van der Waals surface area contributed by atoms with Crippen molar-refractivity contribution in [3.63, 3.8) is 0 Å². The number of nitrogens with one attached hydrogen (secondary N) is 2. The highest BCUT2D eigenvalue weighted by molar-refractivity contribution is 5.91. The minimum absolute atomic E-state index is 0.0466. The van der Waals surface area contributed by atoms with Crippen LogP contribution in [0.3, 0.4) is 0 Å². The molecular weight excluding hydrogens is 326 g/mol. The molecule has 0 aliphatic carbocycles. The number of carbonyl (C=O) groups excluding carboxylic acids is 1. The second-order valence-electron chi connectivity index (χ2n) is 5.51. The Morgan fingerprint density at radius 1 is 1.28 bits per heavy atom. The summed E-state index contributed by atoms with van der Waals surface area (Å²) in [6, 6.07) is 8.31. The number of rotatable bonds is 9. The Morgan fingerprint density at radius 2 is 2.08 bits per heavy atom. The molecule has 134 valence electrons.